The van der Waals surface area contributed by atoms with Crippen LogP contribution < -0.4 is 14.4 Å². The third-order valence-corrected chi connectivity index (χ3v) is 6.52. The summed E-state index contributed by atoms with van der Waals surface area (Å²) in [4.78, 5) is 9.81. The molecule has 6 rings (SSSR count). The number of hydrogen-bond donors (Lipinski definition) is 0. The van der Waals surface area contributed by atoms with Gasteiger partial charge in [-0.25, -0.2) is 9.50 Å². The maximum absolute atomic E-state index is 5.53. The predicted molar refractivity (Wildman–Crippen MR) is 114 cm³/mol. The molecule has 5 heterocycles. The van der Waals surface area contributed by atoms with E-state index in [2.05, 4.69) is 40.3 Å². The van der Waals surface area contributed by atoms with Crippen molar-refractivity contribution < 1.29 is 9.47 Å². The van der Waals surface area contributed by atoms with Gasteiger partial charge in [0, 0.05) is 32.1 Å². The molecular weight excluding hydrogens is 378 g/mol. The first-order valence-corrected chi connectivity index (χ1v) is 11.0. The first kappa shape index (κ1) is 18.0. The summed E-state index contributed by atoms with van der Waals surface area (Å²) in [5.74, 6) is 3.06. The second-order valence-corrected chi connectivity index (χ2v) is 8.62. The molecule has 1 aromatic carbocycles. The zero-order valence-corrected chi connectivity index (χ0v) is 17.2. The fourth-order valence-electron chi connectivity index (χ4n) is 4.93. The number of hydrogen-bond acceptors (Lipinski definition) is 6. The Morgan fingerprint density at radius 2 is 1.87 bits per heavy atom. The first-order valence-electron chi connectivity index (χ1n) is 11.0. The highest BCUT2D eigenvalue weighted by molar-refractivity contribution is 5.52. The molecule has 0 N–H and O–H groups in total. The van der Waals surface area contributed by atoms with Crippen LogP contribution in [0, 0.1) is 0 Å². The van der Waals surface area contributed by atoms with Gasteiger partial charge in [0.25, 0.3) is 0 Å². The van der Waals surface area contributed by atoms with Gasteiger partial charge in [-0.3, -0.25) is 4.90 Å². The molecular formula is C23H27N5O2. The number of ether oxygens (including phenoxy) is 2. The van der Waals surface area contributed by atoms with Crippen LogP contribution in [0.3, 0.4) is 0 Å². The van der Waals surface area contributed by atoms with Gasteiger partial charge in [0.2, 0.25) is 6.79 Å². The van der Waals surface area contributed by atoms with Crippen LogP contribution in [0.4, 0.5) is 5.69 Å². The molecule has 0 bridgehead atoms. The lowest BCUT2D eigenvalue weighted by molar-refractivity contribution is 0.173. The lowest BCUT2D eigenvalue weighted by Crippen LogP contribution is -2.34. The van der Waals surface area contributed by atoms with Crippen molar-refractivity contribution in [2.24, 2.45) is 0 Å². The number of anilines is 1. The molecule has 2 fully saturated rings. The normalized spacial score (nSPS) is 21.6. The van der Waals surface area contributed by atoms with E-state index in [1.165, 1.54) is 30.5 Å². The Morgan fingerprint density at radius 3 is 2.80 bits per heavy atom. The molecule has 3 aromatic rings. The Kier molecular flexibility index (Phi) is 4.48. The Bertz CT molecular complexity index is 1060. The molecule has 0 spiro atoms. The van der Waals surface area contributed by atoms with Crippen molar-refractivity contribution in [3.8, 4) is 11.5 Å². The predicted octanol–water partition coefficient (Wildman–Crippen LogP) is 3.44. The van der Waals surface area contributed by atoms with Gasteiger partial charge in [-0.05, 0) is 62.1 Å². The van der Waals surface area contributed by atoms with Crippen molar-refractivity contribution in [3.63, 3.8) is 0 Å². The lowest BCUT2D eigenvalue weighted by atomic mass is 9.97. The van der Waals surface area contributed by atoms with Crippen LogP contribution in [0.5, 0.6) is 11.5 Å². The van der Waals surface area contributed by atoms with E-state index in [-0.39, 0.29) is 0 Å². The monoisotopic (exact) mass is 405 g/mol. The fraction of sp³-hybridized carbons (Fsp3) is 0.478. The van der Waals surface area contributed by atoms with E-state index in [9.17, 15) is 0 Å². The largest absolute Gasteiger partial charge is 0.454 e. The summed E-state index contributed by atoms with van der Waals surface area (Å²) in [7, 11) is 0. The average molecular weight is 406 g/mol. The molecule has 2 saturated heterocycles. The molecule has 7 heteroatoms. The summed E-state index contributed by atoms with van der Waals surface area (Å²) in [6.07, 6.45) is 7.02. The van der Waals surface area contributed by atoms with Crippen molar-refractivity contribution in [3.05, 3.63) is 47.9 Å². The second kappa shape index (κ2) is 7.47. The van der Waals surface area contributed by atoms with Crippen molar-refractivity contribution >= 4 is 11.3 Å². The molecule has 0 radical (unpaired) electrons. The molecule has 3 aliphatic rings. The van der Waals surface area contributed by atoms with Crippen molar-refractivity contribution in [1.82, 2.24) is 19.5 Å². The van der Waals surface area contributed by atoms with Crippen molar-refractivity contribution in [2.75, 3.05) is 37.9 Å². The van der Waals surface area contributed by atoms with Crippen LogP contribution in [0.25, 0.3) is 5.65 Å². The van der Waals surface area contributed by atoms with Crippen LogP contribution >= 0.6 is 0 Å². The summed E-state index contributed by atoms with van der Waals surface area (Å²) >= 11 is 0. The van der Waals surface area contributed by atoms with Gasteiger partial charge < -0.3 is 14.4 Å². The third-order valence-electron chi connectivity index (χ3n) is 6.52. The molecule has 1 atom stereocenters. The minimum absolute atomic E-state index is 0.323. The molecule has 2 aromatic heterocycles. The van der Waals surface area contributed by atoms with Gasteiger partial charge >= 0.3 is 0 Å². The maximum Gasteiger partial charge on any atom is 0.231 e. The highest BCUT2D eigenvalue weighted by Crippen LogP contribution is 2.33. The van der Waals surface area contributed by atoms with Crippen LogP contribution in [-0.2, 0) is 6.54 Å². The van der Waals surface area contributed by atoms with Gasteiger partial charge in [0.15, 0.2) is 23.0 Å². The van der Waals surface area contributed by atoms with Crippen LogP contribution in [-0.4, -0.2) is 52.5 Å². The number of aromatic nitrogens is 3. The molecule has 30 heavy (non-hydrogen) atoms. The number of pyridine rings is 1. The Morgan fingerprint density at radius 1 is 0.967 bits per heavy atom. The minimum Gasteiger partial charge on any atom is -0.454 e. The molecule has 0 saturated carbocycles. The van der Waals surface area contributed by atoms with E-state index in [0.717, 1.165) is 62.1 Å². The Labute approximate surface area is 176 Å². The van der Waals surface area contributed by atoms with E-state index >= 15 is 0 Å². The standard InChI is InChI=1S/C23H27N5O2/c1-2-11-27(10-1)19-6-8-22-24-23(25-28(22)15-19)18-4-3-9-26(14-18)13-17-5-7-20-21(12-17)30-16-29-20/h5-8,12,15,18H,1-4,9-11,13-14,16H2/t18-/m1/s1. The number of benzene rings is 1. The van der Waals surface area contributed by atoms with Gasteiger partial charge in [-0.1, -0.05) is 6.07 Å². The van der Waals surface area contributed by atoms with Crippen molar-refractivity contribution in [1.29, 1.82) is 0 Å². The smallest absolute Gasteiger partial charge is 0.231 e. The first-order chi connectivity index (χ1) is 14.8. The van der Waals surface area contributed by atoms with E-state index in [1.54, 1.807) is 0 Å². The molecule has 3 aliphatic heterocycles. The van der Waals surface area contributed by atoms with E-state index in [0.29, 0.717) is 12.7 Å². The second-order valence-electron chi connectivity index (χ2n) is 8.62. The van der Waals surface area contributed by atoms with Gasteiger partial charge in [0.1, 0.15) is 0 Å². The van der Waals surface area contributed by atoms with E-state index < -0.39 is 0 Å². The van der Waals surface area contributed by atoms with Gasteiger partial charge in [-0.15, -0.1) is 0 Å². The van der Waals surface area contributed by atoms with Gasteiger partial charge in [0.05, 0.1) is 11.9 Å². The zero-order chi connectivity index (χ0) is 19.9. The van der Waals surface area contributed by atoms with E-state index in [1.807, 2.05) is 10.6 Å². The summed E-state index contributed by atoms with van der Waals surface area (Å²) in [5, 5.41) is 4.87. The summed E-state index contributed by atoms with van der Waals surface area (Å²) in [5.41, 5.74) is 3.46. The summed E-state index contributed by atoms with van der Waals surface area (Å²) in [6.45, 7) is 5.62. The molecule has 0 amide bonds. The Hall–Kier alpha value is -2.80. The average Bonchev–Trinajstić information content (AvgIpc) is 3.53. The lowest BCUT2D eigenvalue weighted by Gasteiger charge is -2.31. The van der Waals surface area contributed by atoms with Crippen LogP contribution in [0.1, 0.15) is 43.0 Å². The topological polar surface area (TPSA) is 55.1 Å². The number of nitrogens with zero attached hydrogens (tertiary/aromatic N) is 5. The molecule has 0 unspecified atom stereocenters. The quantitative estimate of drug-likeness (QED) is 0.663. The van der Waals surface area contributed by atoms with Gasteiger partial charge in [-0.2, -0.15) is 5.10 Å². The maximum atomic E-state index is 5.53. The molecule has 0 aliphatic carbocycles. The number of piperidine rings is 1. The highest BCUT2D eigenvalue weighted by atomic mass is 16.7. The number of likely N-dealkylation sites (tertiary alicyclic amines) is 1. The number of fused-ring (bicyclic) bond motifs is 2. The molecule has 7 nitrogen and oxygen atoms in total. The third kappa shape index (κ3) is 3.37. The van der Waals surface area contributed by atoms with Crippen LogP contribution in [0.2, 0.25) is 0 Å². The highest BCUT2D eigenvalue weighted by Gasteiger charge is 2.25. The minimum atomic E-state index is 0.323. The zero-order valence-electron chi connectivity index (χ0n) is 17.2. The Balaban J connectivity index is 1.18. The summed E-state index contributed by atoms with van der Waals surface area (Å²) < 4.78 is 12.9. The fourth-order valence-corrected chi connectivity index (χ4v) is 4.93. The number of rotatable bonds is 4. The van der Waals surface area contributed by atoms with E-state index in [4.69, 9.17) is 19.6 Å². The summed E-state index contributed by atoms with van der Waals surface area (Å²) in [6, 6.07) is 10.6. The SMILES string of the molecule is c1cc2c(cc1CN1CCC[C@@H](c3nc4ccc(N5CCCC5)cn4n3)C1)OCO2. The van der Waals surface area contributed by atoms with Crippen LogP contribution in [0.15, 0.2) is 36.5 Å². The van der Waals surface area contributed by atoms with Crippen molar-refractivity contribution in [2.45, 2.75) is 38.1 Å². The molecule has 156 valence electrons.